The Balaban J connectivity index is 1.78. The van der Waals surface area contributed by atoms with Crippen LogP contribution >= 0.6 is 11.8 Å². The molecule has 1 aromatic heterocycles. The Morgan fingerprint density at radius 2 is 2.07 bits per heavy atom. The smallest absolute Gasteiger partial charge is 0.234 e. The van der Waals surface area contributed by atoms with Crippen molar-refractivity contribution in [3.63, 3.8) is 0 Å². The van der Waals surface area contributed by atoms with Crippen molar-refractivity contribution in [3.8, 4) is 11.8 Å². The summed E-state index contributed by atoms with van der Waals surface area (Å²) in [7, 11) is 0. The molecule has 0 fully saturated rings. The molecule has 1 heterocycles. The van der Waals surface area contributed by atoms with Crippen LogP contribution in [0.1, 0.15) is 23.6 Å². The van der Waals surface area contributed by atoms with Crippen LogP contribution in [0, 0.1) is 25.2 Å². The van der Waals surface area contributed by atoms with Crippen molar-refractivity contribution < 1.29 is 9.53 Å². The van der Waals surface area contributed by atoms with Gasteiger partial charge in [-0.2, -0.15) is 5.26 Å². The number of benzene rings is 2. The van der Waals surface area contributed by atoms with E-state index in [1.165, 1.54) is 11.8 Å². The number of hydrogen-bond donors (Lipinski definition) is 1. The maximum atomic E-state index is 12.4. The molecule has 0 unspecified atom stereocenters. The van der Waals surface area contributed by atoms with E-state index in [0.717, 1.165) is 33.5 Å². The monoisotopic (exact) mass is 391 g/mol. The second kappa shape index (κ2) is 8.77. The van der Waals surface area contributed by atoms with Gasteiger partial charge in [0.25, 0.3) is 0 Å². The van der Waals surface area contributed by atoms with E-state index in [4.69, 9.17) is 4.74 Å². The first kappa shape index (κ1) is 19.7. The lowest BCUT2D eigenvalue weighted by molar-refractivity contribution is -0.113. The first-order valence-electron chi connectivity index (χ1n) is 8.98. The number of amides is 1. The molecule has 2 aromatic carbocycles. The number of nitrogens with zero attached hydrogens (tertiary/aromatic N) is 2. The molecule has 0 saturated heterocycles. The number of fused-ring (bicyclic) bond motifs is 1. The van der Waals surface area contributed by atoms with Crippen LogP contribution in [0.5, 0.6) is 5.75 Å². The molecule has 0 bridgehead atoms. The van der Waals surface area contributed by atoms with E-state index in [-0.39, 0.29) is 11.7 Å². The molecule has 0 spiro atoms. The minimum Gasteiger partial charge on any atom is -0.494 e. The lowest BCUT2D eigenvalue weighted by atomic mass is 10.1. The Morgan fingerprint density at radius 1 is 1.25 bits per heavy atom. The largest absolute Gasteiger partial charge is 0.494 e. The maximum Gasteiger partial charge on any atom is 0.234 e. The van der Waals surface area contributed by atoms with E-state index in [0.29, 0.717) is 17.2 Å². The molecule has 3 aromatic rings. The molecule has 0 saturated carbocycles. The van der Waals surface area contributed by atoms with E-state index in [1.54, 1.807) is 6.07 Å². The number of carbonyl (C=O) groups excluding carboxylic acids is 1. The number of thioether (sulfide) groups is 1. The molecule has 5 nitrogen and oxygen atoms in total. The summed E-state index contributed by atoms with van der Waals surface area (Å²) in [5, 5.41) is 13.8. The van der Waals surface area contributed by atoms with Gasteiger partial charge in [0.15, 0.2) is 0 Å². The van der Waals surface area contributed by atoms with Gasteiger partial charge in [-0.05, 0) is 56.2 Å². The average molecular weight is 391 g/mol. The quantitative estimate of drug-likeness (QED) is 0.608. The number of carbonyl (C=O) groups is 1. The molecule has 0 aliphatic rings. The average Bonchev–Trinajstić information content (AvgIpc) is 2.69. The molecule has 0 atom stereocenters. The molecule has 142 valence electrons. The van der Waals surface area contributed by atoms with E-state index in [2.05, 4.69) is 16.4 Å². The van der Waals surface area contributed by atoms with Gasteiger partial charge in [-0.1, -0.05) is 23.9 Å². The molecule has 0 aliphatic carbocycles. The number of anilines is 1. The fourth-order valence-electron chi connectivity index (χ4n) is 2.78. The summed E-state index contributed by atoms with van der Waals surface area (Å²) in [4.78, 5) is 17.0. The second-order valence-corrected chi connectivity index (χ2v) is 7.29. The third kappa shape index (κ3) is 4.44. The fraction of sp³-hybridized carbons (Fsp3) is 0.227. The van der Waals surface area contributed by atoms with Crippen molar-refractivity contribution in [3.05, 3.63) is 59.2 Å². The van der Waals surface area contributed by atoms with Crippen LogP contribution in [0.2, 0.25) is 0 Å². The van der Waals surface area contributed by atoms with Crippen LogP contribution in [0.25, 0.3) is 10.9 Å². The summed E-state index contributed by atoms with van der Waals surface area (Å²) in [5.41, 5.74) is 4.17. The second-order valence-electron chi connectivity index (χ2n) is 6.32. The Bertz CT molecular complexity index is 1070. The van der Waals surface area contributed by atoms with Gasteiger partial charge in [0, 0.05) is 17.1 Å². The zero-order chi connectivity index (χ0) is 20.1. The zero-order valence-electron chi connectivity index (χ0n) is 16.1. The van der Waals surface area contributed by atoms with Gasteiger partial charge in [0.2, 0.25) is 5.91 Å². The van der Waals surface area contributed by atoms with Crippen molar-refractivity contribution in [1.29, 1.82) is 5.26 Å². The van der Waals surface area contributed by atoms with Crippen LogP contribution in [0.15, 0.2) is 47.5 Å². The van der Waals surface area contributed by atoms with Gasteiger partial charge in [-0.15, -0.1) is 0 Å². The van der Waals surface area contributed by atoms with Crippen LogP contribution in [-0.4, -0.2) is 23.3 Å². The molecule has 0 aliphatic heterocycles. The number of nitriles is 1. The molecule has 0 radical (unpaired) electrons. The van der Waals surface area contributed by atoms with Crippen LogP contribution in [0.4, 0.5) is 5.69 Å². The summed E-state index contributed by atoms with van der Waals surface area (Å²) in [5.74, 6) is 0.773. The number of pyridine rings is 1. The number of hydrogen-bond acceptors (Lipinski definition) is 5. The minimum atomic E-state index is -0.132. The standard InChI is InChI=1S/C22H21N3O2S/c1-4-27-18-9-8-16-10-17(12-23)22(25-20(16)11-18)28-13-21(26)24-19-7-5-6-14(2)15(19)3/h5-11H,4,13H2,1-3H3,(H,24,26). The van der Waals surface area contributed by atoms with Crippen LogP contribution in [0.3, 0.4) is 0 Å². The predicted molar refractivity (Wildman–Crippen MR) is 113 cm³/mol. The number of rotatable bonds is 6. The van der Waals surface area contributed by atoms with E-state index < -0.39 is 0 Å². The van der Waals surface area contributed by atoms with Crippen molar-refractivity contribution in [2.24, 2.45) is 0 Å². The minimum absolute atomic E-state index is 0.132. The molecule has 28 heavy (non-hydrogen) atoms. The lowest BCUT2D eigenvalue weighted by Crippen LogP contribution is -2.15. The van der Waals surface area contributed by atoms with Gasteiger partial charge in [0.05, 0.1) is 23.4 Å². The van der Waals surface area contributed by atoms with Crippen molar-refractivity contribution in [2.75, 3.05) is 17.7 Å². The third-order valence-corrected chi connectivity index (χ3v) is 5.40. The summed E-state index contributed by atoms with van der Waals surface area (Å²) in [6.45, 7) is 6.48. The Morgan fingerprint density at radius 3 is 2.82 bits per heavy atom. The lowest BCUT2D eigenvalue weighted by Gasteiger charge is -2.11. The molecular weight excluding hydrogens is 370 g/mol. The summed E-state index contributed by atoms with van der Waals surface area (Å²) >= 11 is 1.26. The van der Waals surface area contributed by atoms with Crippen LogP contribution < -0.4 is 10.1 Å². The first-order valence-corrected chi connectivity index (χ1v) is 9.97. The first-order chi connectivity index (χ1) is 13.5. The fourth-order valence-corrected chi connectivity index (χ4v) is 3.55. The molecule has 3 rings (SSSR count). The number of ether oxygens (including phenoxy) is 1. The highest BCUT2D eigenvalue weighted by Gasteiger charge is 2.12. The highest BCUT2D eigenvalue weighted by molar-refractivity contribution is 8.00. The zero-order valence-corrected chi connectivity index (χ0v) is 16.9. The Hall–Kier alpha value is -3.04. The van der Waals surface area contributed by atoms with Crippen LogP contribution in [-0.2, 0) is 4.79 Å². The molecule has 1 N–H and O–H groups in total. The van der Waals surface area contributed by atoms with E-state index >= 15 is 0 Å². The molecular formula is C22H21N3O2S. The molecule has 6 heteroatoms. The predicted octanol–water partition coefficient (Wildman–Crippen LogP) is 4.85. The summed E-state index contributed by atoms with van der Waals surface area (Å²) in [6, 6.07) is 15.4. The van der Waals surface area contributed by atoms with Crippen molar-refractivity contribution in [1.82, 2.24) is 4.98 Å². The molecule has 1 amide bonds. The number of aryl methyl sites for hydroxylation is 1. The van der Waals surface area contributed by atoms with Crippen molar-refractivity contribution in [2.45, 2.75) is 25.8 Å². The Labute approximate surface area is 168 Å². The highest BCUT2D eigenvalue weighted by Crippen LogP contribution is 2.27. The SMILES string of the molecule is CCOc1ccc2cc(C#N)c(SCC(=O)Nc3cccc(C)c3C)nc2c1. The summed E-state index contributed by atoms with van der Waals surface area (Å²) < 4.78 is 5.52. The van der Waals surface area contributed by atoms with E-state index in [9.17, 15) is 10.1 Å². The van der Waals surface area contributed by atoms with Gasteiger partial charge < -0.3 is 10.1 Å². The van der Waals surface area contributed by atoms with Gasteiger partial charge in [-0.3, -0.25) is 4.79 Å². The summed E-state index contributed by atoms with van der Waals surface area (Å²) in [6.07, 6.45) is 0. The van der Waals surface area contributed by atoms with Gasteiger partial charge >= 0.3 is 0 Å². The normalized spacial score (nSPS) is 10.5. The third-order valence-electron chi connectivity index (χ3n) is 4.40. The number of nitrogens with one attached hydrogen (secondary N) is 1. The topological polar surface area (TPSA) is 75.0 Å². The Kier molecular flexibility index (Phi) is 6.17. The van der Waals surface area contributed by atoms with Gasteiger partial charge in [0.1, 0.15) is 16.8 Å². The maximum absolute atomic E-state index is 12.4. The van der Waals surface area contributed by atoms with E-state index in [1.807, 2.05) is 57.2 Å². The highest BCUT2D eigenvalue weighted by atomic mass is 32.2. The van der Waals surface area contributed by atoms with Gasteiger partial charge in [-0.25, -0.2) is 4.98 Å². The van der Waals surface area contributed by atoms with Crippen molar-refractivity contribution >= 4 is 34.3 Å². The number of aromatic nitrogens is 1.